The number of aryl methyl sites for hydroxylation is 2. The number of sulfonamides is 2. The molecule has 0 aliphatic carbocycles. The van der Waals surface area contributed by atoms with Crippen LogP contribution in [0, 0.1) is 13.8 Å². The monoisotopic (exact) mass is 348 g/mol. The summed E-state index contributed by atoms with van der Waals surface area (Å²) in [6.45, 7) is 5.97. The Labute approximate surface area is 133 Å². The lowest BCUT2D eigenvalue weighted by Crippen LogP contribution is -2.38. The predicted octanol–water partition coefficient (Wildman–Crippen LogP) is 1.25. The van der Waals surface area contributed by atoms with Gasteiger partial charge in [0.2, 0.25) is 20.0 Å². The molecule has 126 valence electrons. The molecule has 22 heavy (non-hydrogen) atoms. The van der Waals surface area contributed by atoms with Crippen LogP contribution in [0.15, 0.2) is 23.1 Å². The van der Waals surface area contributed by atoms with Crippen LogP contribution in [-0.2, 0) is 20.0 Å². The third-order valence-electron chi connectivity index (χ3n) is 3.23. The van der Waals surface area contributed by atoms with Gasteiger partial charge in [-0.3, -0.25) is 0 Å². The highest BCUT2D eigenvalue weighted by Gasteiger charge is 2.19. The summed E-state index contributed by atoms with van der Waals surface area (Å²) in [6.07, 6.45) is 1.80. The van der Waals surface area contributed by atoms with Gasteiger partial charge in [0.05, 0.1) is 11.2 Å². The first-order valence-electron chi connectivity index (χ1n) is 7.10. The van der Waals surface area contributed by atoms with Gasteiger partial charge in [0, 0.05) is 19.6 Å². The predicted molar refractivity (Wildman–Crippen MR) is 87.8 cm³/mol. The van der Waals surface area contributed by atoms with Gasteiger partial charge in [-0.2, -0.15) is 0 Å². The van der Waals surface area contributed by atoms with Gasteiger partial charge < -0.3 is 0 Å². The van der Waals surface area contributed by atoms with Crippen LogP contribution in [-0.4, -0.2) is 47.0 Å². The maximum absolute atomic E-state index is 12.3. The molecular weight excluding hydrogens is 324 g/mol. The Morgan fingerprint density at radius 2 is 1.73 bits per heavy atom. The van der Waals surface area contributed by atoms with Gasteiger partial charge >= 0.3 is 0 Å². The van der Waals surface area contributed by atoms with Gasteiger partial charge in [-0.25, -0.2) is 25.9 Å². The molecule has 8 heteroatoms. The Morgan fingerprint density at radius 3 is 2.27 bits per heavy atom. The lowest BCUT2D eigenvalue weighted by molar-refractivity contribution is 0.416. The highest BCUT2D eigenvalue weighted by molar-refractivity contribution is 7.89. The Balaban J connectivity index is 2.80. The second-order valence-electron chi connectivity index (χ2n) is 5.33. The van der Waals surface area contributed by atoms with Gasteiger partial charge in [-0.1, -0.05) is 19.1 Å². The molecule has 0 spiro atoms. The molecule has 1 rings (SSSR count). The summed E-state index contributed by atoms with van der Waals surface area (Å²) in [7, 11) is -6.97. The summed E-state index contributed by atoms with van der Waals surface area (Å²) in [5.41, 5.74) is 1.52. The smallest absolute Gasteiger partial charge is 0.213 e. The molecule has 0 atom stereocenters. The molecular formula is C14H24N2O4S2. The average Bonchev–Trinajstić information content (AvgIpc) is 2.39. The fourth-order valence-electron chi connectivity index (χ4n) is 2.07. The zero-order valence-corrected chi connectivity index (χ0v) is 15.1. The maximum Gasteiger partial charge on any atom is 0.240 e. The van der Waals surface area contributed by atoms with Crippen molar-refractivity contribution in [1.82, 2.24) is 9.03 Å². The molecule has 0 aliphatic heterocycles. The van der Waals surface area contributed by atoms with Crippen molar-refractivity contribution < 1.29 is 16.8 Å². The topological polar surface area (TPSA) is 83.6 Å². The molecule has 6 nitrogen and oxygen atoms in total. The highest BCUT2D eigenvalue weighted by Crippen LogP contribution is 2.16. The van der Waals surface area contributed by atoms with E-state index in [-0.39, 0.29) is 18.0 Å². The minimum Gasteiger partial charge on any atom is -0.213 e. The standard InChI is InChI=1S/C14H24N2O4S2/c1-5-9-16(21(4,17)18)10-8-15-22(19,20)14-11-12(2)6-7-13(14)3/h6-7,11,15H,5,8-10H2,1-4H3. The van der Waals surface area contributed by atoms with Gasteiger partial charge in [0.25, 0.3) is 0 Å². The van der Waals surface area contributed by atoms with E-state index in [4.69, 9.17) is 0 Å². The van der Waals surface area contributed by atoms with Crippen molar-refractivity contribution >= 4 is 20.0 Å². The lowest BCUT2D eigenvalue weighted by atomic mass is 10.2. The number of nitrogens with one attached hydrogen (secondary N) is 1. The summed E-state index contributed by atoms with van der Waals surface area (Å²) in [5.74, 6) is 0. The molecule has 0 fully saturated rings. The van der Waals surface area contributed by atoms with E-state index in [1.165, 1.54) is 4.31 Å². The number of hydrogen-bond acceptors (Lipinski definition) is 4. The van der Waals surface area contributed by atoms with Crippen LogP contribution in [0.3, 0.4) is 0 Å². The van der Waals surface area contributed by atoms with E-state index in [9.17, 15) is 16.8 Å². The summed E-state index contributed by atoms with van der Waals surface area (Å²) >= 11 is 0. The molecule has 0 aromatic heterocycles. The highest BCUT2D eigenvalue weighted by atomic mass is 32.2. The summed E-state index contributed by atoms with van der Waals surface area (Å²) in [4.78, 5) is 0.230. The molecule has 1 N–H and O–H groups in total. The Hall–Kier alpha value is -0.960. The minimum atomic E-state index is -3.64. The Morgan fingerprint density at radius 1 is 1.09 bits per heavy atom. The van der Waals surface area contributed by atoms with Crippen molar-refractivity contribution in [2.75, 3.05) is 25.9 Å². The second kappa shape index (κ2) is 7.54. The fourth-order valence-corrected chi connectivity index (χ4v) is 4.36. The molecule has 0 amide bonds. The Bertz CT molecular complexity index is 712. The van der Waals surface area contributed by atoms with Crippen LogP contribution in [0.2, 0.25) is 0 Å². The Kier molecular flexibility index (Phi) is 6.54. The van der Waals surface area contributed by atoms with E-state index in [1.807, 2.05) is 19.9 Å². The molecule has 0 heterocycles. The SMILES string of the molecule is CCCN(CCNS(=O)(=O)c1cc(C)ccc1C)S(C)(=O)=O. The first-order valence-corrected chi connectivity index (χ1v) is 10.4. The molecule has 0 bridgehead atoms. The van der Waals surface area contributed by atoms with Crippen molar-refractivity contribution in [3.63, 3.8) is 0 Å². The van der Waals surface area contributed by atoms with Crippen molar-refractivity contribution in [2.45, 2.75) is 32.1 Å². The van der Waals surface area contributed by atoms with E-state index in [0.717, 1.165) is 11.8 Å². The molecule has 1 aromatic rings. The van der Waals surface area contributed by atoms with Crippen LogP contribution in [0.1, 0.15) is 24.5 Å². The van der Waals surface area contributed by atoms with Gasteiger partial charge in [0.1, 0.15) is 0 Å². The van der Waals surface area contributed by atoms with Crippen molar-refractivity contribution in [3.8, 4) is 0 Å². The quantitative estimate of drug-likeness (QED) is 0.766. The molecule has 1 aromatic carbocycles. The molecule has 0 unspecified atom stereocenters. The first kappa shape index (κ1) is 19.1. The van der Waals surface area contributed by atoms with Gasteiger partial charge in [0.15, 0.2) is 0 Å². The zero-order chi connectivity index (χ0) is 17.0. The molecule has 0 aliphatic rings. The summed E-state index contributed by atoms with van der Waals surface area (Å²) in [5, 5.41) is 0. The summed E-state index contributed by atoms with van der Waals surface area (Å²) < 4.78 is 51.6. The first-order chi connectivity index (χ1) is 10.1. The number of hydrogen-bond donors (Lipinski definition) is 1. The average molecular weight is 348 g/mol. The van der Waals surface area contributed by atoms with Crippen LogP contribution >= 0.6 is 0 Å². The van der Waals surface area contributed by atoms with Crippen LogP contribution in [0.4, 0.5) is 0 Å². The fraction of sp³-hybridized carbons (Fsp3) is 0.571. The number of nitrogens with zero attached hydrogens (tertiary/aromatic N) is 1. The normalized spacial score (nSPS) is 12.8. The molecule has 0 saturated carbocycles. The molecule has 0 radical (unpaired) electrons. The van der Waals surface area contributed by atoms with Crippen molar-refractivity contribution in [1.29, 1.82) is 0 Å². The van der Waals surface area contributed by atoms with Gasteiger partial charge in [-0.15, -0.1) is 0 Å². The van der Waals surface area contributed by atoms with E-state index in [0.29, 0.717) is 18.5 Å². The van der Waals surface area contributed by atoms with Crippen molar-refractivity contribution in [2.24, 2.45) is 0 Å². The van der Waals surface area contributed by atoms with E-state index in [2.05, 4.69) is 4.72 Å². The minimum absolute atomic E-state index is 0.0444. The lowest BCUT2D eigenvalue weighted by Gasteiger charge is -2.19. The second-order valence-corrected chi connectivity index (χ2v) is 9.05. The maximum atomic E-state index is 12.3. The van der Waals surface area contributed by atoms with E-state index in [1.54, 1.807) is 19.1 Å². The third kappa shape index (κ3) is 5.35. The largest absolute Gasteiger partial charge is 0.240 e. The zero-order valence-electron chi connectivity index (χ0n) is 13.5. The van der Waals surface area contributed by atoms with Gasteiger partial charge in [-0.05, 0) is 37.5 Å². The number of benzene rings is 1. The summed E-state index contributed by atoms with van der Waals surface area (Å²) in [6, 6.07) is 5.21. The third-order valence-corrected chi connectivity index (χ3v) is 6.13. The van der Waals surface area contributed by atoms with Crippen LogP contribution in [0.5, 0.6) is 0 Å². The van der Waals surface area contributed by atoms with E-state index >= 15 is 0 Å². The molecule has 0 saturated heterocycles. The van der Waals surface area contributed by atoms with E-state index < -0.39 is 20.0 Å². The van der Waals surface area contributed by atoms with Crippen LogP contribution in [0.25, 0.3) is 0 Å². The van der Waals surface area contributed by atoms with Crippen molar-refractivity contribution in [3.05, 3.63) is 29.3 Å². The van der Waals surface area contributed by atoms with Crippen LogP contribution < -0.4 is 4.72 Å². The number of rotatable bonds is 8.